The molecule has 0 bridgehead atoms. The van der Waals surface area contributed by atoms with Crippen LogP contribution in [0.2, 0.25) is 0 Å². The van der Waals surface area contributed by atoms with E-state index in [9.17, 15) is 0 Å². The van der Waals surface area contributed by atoms with Crippen molar-refractivity contribution in [2.75, 3.05) is 0 Å². The van der Waals surface area contributed by atoms with Crippen molar-refractivity contribution >= 4 is 0 Å². The molecule has 0 aromatic heterocycles. The van der Waals surface area contributed by atoms with Crippen LogP contribution in [0.3, 0.4) is 0 Å². The maximum Gasteiger partial charge on any atom is 0.0639 e. The molecule has 0 aliphatic heterocycles. The lowest BCUT2D eigenvalue weighted by atomic mass is 9.83. The lowest BCUT2D eigenvalue weighted by Crippen LogP contribution is -2.35. The van der Waals surface area contributed by atoms with Gasteiger partial charge in [0, 0.05) is 0 Å². The van der Waals surface area contributed by atoms with E-state index in [2.05, 4.69) is 57.2 Å². The van der Waals surface area contributed by atoms with Crippen molar-refractivity contribution in [3.05, 3.63) is 70.8 Å². The SMILES string of the molecule is Cc1ccc(C(C)(N)c2ccccc2C)cc1. The zero-order valence-electron chi connectivity index (χ0n) is 10.7. The topological polar surface area (TPSA) is 26.0 Å². The molecule has 0 amide bonds. The zero-order valence-corrected chi connectivity index (χ0v) is 10.7. The minimum atomic E-state index is -0.432. The van der Waals surface area contributed by atoms with E-state index < -0.39 is 5.54 Å². The molecule has 0 radical (unpaired) electrons. The van der Waals surface area contributed by atoms with Crippen molar-refractivity contribution in [2.24, 2.45) is 5.73 Å². The Hall–Kier alpha value is -1.60. The molecule has 0 fully saturated rings. The third-order valence-corrected chi connectivity index (χ3v) is 3.36. The molecule has 2 N–H and O–H groups in total. The fourth-order valence-electron chi connectivity index (χ4n) is 2.21. The van der Waals surface area contributed by atoms with Gasteiger partial charge in [0.2, 0.25) is 0 Å². The molecule has 17 heavy (non-hydrogen) atoms. The van der Waals surface area contributed by atoms with Crippen LogP contribution in [0, 0.1) is 13.8 Å². The first-order chi connectivity index (χ1) is 8.01. The van der Waals surface area contributed by atoms with E-state index in [4.69, 9.17) is 5.73 Å². The molecular weight excluding hydrogens is 206 g/mol. The number of hydrogen-bond acceptors (Lipinski definition) is 1. The zero-order chi connectivity index (χ0) is 12.5. The highest BCUT2D eigenvalue weighted by molar-refractivity contribution is 5.41. The molecule has 0 heterocycles. The lowest BCUT2D eigenvalue weighted by molar-refractivity contribution is 0.599. The predicted octanol–water partition coefficient (Wildman–Crippen LogP) is 3.53. The van der Waals surface area contributed by atoms with Gasteiger partial charge in [0.05, 0.1) is 5.54 Å². The largest absolute Gasteiger partial charge is 0.318 e. The second kappa shape index (κ2) is 4.34. The molecule has 0 spiro atoms. The molecule has 0 aliphatic carbocycles. The number of nitrogens with two attached hydrogens (primary N) is 1. The van der Waals surface area contributed by atoms with Gasteiger partial charge in [-0.15, -0.1) is 0 Å². The molecule has 2 aromatic carbocycles. The van der Waals surface area contributed by atoms with Crippen LogP contribution < -0.4 is 5.73 Å². The maximum atomic E-state index is 6.51. The Labute approximate surface area is 103 Å². The first kappa shape index (κ1) is 11.9. The Kier molecular flexibility index (Phi) is 3.03. The standard InChI is InChI=1S/C16H19N/c1-12-8-10-14(11-9-12)16(3,17)15-7-5-4-6-13(15)2/h4-11H,17H2,1-3H3. The van der Waals surface area contributed by atoms with Crippen LogP contribution in [0.25, 0.3) is 0 Å². The van der Waals surface area contributed by atoms with Gasteiger partial charge < -0.3 is 5.73 Å². The summed E-state index contributed by atoms with van der Waals surface area (Å²) < 4.78 is 0. The van der Waals surface area contributed by atoms with E-state index in [-0.39, 0.29) is 0 Å². The van der Waals surface area contributed by atoms with Gasteiger partial charge in [0.1, 0.15) is 0 Å². The third-order valence-electron chi connectivity index (χ3n) is 3.36. The summed E-state index contributed by atoms with van der Waals surface area (Å²) in [5.74, 6) is 0. The van der Waals surface area contributed by atoms with E-state index in [1.165, 1.54) is 16.7 Å². The summed E-state index contributed by atoms with van der Waals surface area (Å²) in [6.07, 6.45) is 0. The van der Waals surface area contributed by atoms with Crippen LogP contribution >= 0.6 is 0 Å². The van der Waals surface area contributed by atoms with Gasteiger partial charge in [0.25, 0.3) is 0 Å². The second-order valence-electron chi connectivity index (χ2n) is 4.88. The van der Waals surface area contributed by atoms with E-state index >= 15 is 0 Å². The van der Waals surface area contributed by atoms with E-state index in [0.717, 1.165) is 5.56 Å². The monoisotopic (exact) mass is 225 g/mol. The van der Waals surface area contributed by atoms with Crippen molar-refractivity contribution in [1.29, 1.82) is 0 Å². The van der Waals surface area contributed by atoms with Crippen LogP contribution in [0.15, 0.2) is 48.5 Å². The van der Waals surface area contributed by atoms with Gasteiger partial charge in [-0.2, -0.15) is 0 Å². The Morgan fingerprint density at radius 3 is 2.06 bits per heavy atom. The van der Waals surface area contributed by atoms with Crippen LogP contribution in [0.1, 0.15) is 29.2 Å². The summed E-state index contributed by atoms with van der Waals surface area (Å²) in [4.78, 5) is 0. The van der Waals surface area contributed by atoms with Crippen LogP contribution in [0.4, 0.5) is 0 Å². The summed E-state index contributed by atoms with van der Waals surface area (Å²) in [6.45, 7) is 6.26. The Balaban J connectivity index is 2.49. The number of hydrogen-bond donors (Lipinski definition) is 1. The molecule has 1 unspecified atom stereocenters. The Bertz CT molecular complexity index is 509. The average molecular weight is 225 g/mol. The number of rotatable bonds is 2. The molecule has 2 rings (SSSR count). The molecule has 0 saturated heterocycles. The Morgan fingerprint density at radius 1 is 0.882 bits per heavy atom. The first-order valence-corrected chi connectivity index (χ1v) is 5.94. The summed E-state index contributed by atoms with van der Waals surface area (Å²) >= 11 is 0. The summed E-state index contributed by atoms with van der Waals surface area (Å²) in [5, 5.41) is 0. The van der Waals surface area contributed by atoms with E-state index in [1.54, 1.807) is 0 Å². The fourth-order valence-corrected chi connectivity index (χ4v) is 2.21. The molecule has 1 heteroatoms. The normalized spacial score (nSPS) is 14.4. The van der Waals surface area contributed by atoms with Gasteiger partial charge in [-0.25, -0.2) is 0 Å². The lowest BCUT2D eigenvalue weighted by Gasteiger charge is -2.27. The number of benzene rings is 2. The van der Waals surface area contributed by atoms with Crippen molar-refractivity contribution in [3.8, 4) is 0 Å². The first-order valence-electron chi connectivity index (χ1n) is 5.94. The molecule has 1 nitrogen and oxygen atoms in total. The molecule has 88 valence electrons. The van der Waals surface area contributed by atoms with Crippen LogP contribution in [-0.2, 0) is 5.54 Å². The van der Waals surface area contributed by atoms with Crippen molar-refractivity contribution in [3.63, 3.8) is 0 Å². The molecule has 0 aliphatic rings. The van der Waals surface area contributed by atoms with Gasteiger partial charge in [-0.05, 0) is 37.5 Å². The third kappa shape index (κ3) is 2.25. The summed E-state index contributed by atoms with van der Waals surface area (Å²) in [5.41, 5.74) is 10.9. The fraction of sp³-hybridized carbons (Fsp3) is 0.250. The molecule has 2 aromatic rings. The van der Waals surface area contributed by atoms with Gasteiger partial charge in [0.15, 0.2) is 0 Å². The smallest absolute Gasteiger partial charge is 0.0639 e. The highest BCUT2D eigenvalue weighted by Gasteiger charge is 2.24. The highest BCUT2D eigenvalue weighted by atomic mass is 14.7. The molecule has 1 atom stereocenters. The van der Waals surface area contributed by atoms with Crippen LogP contribution in [0.5, 0.6) is 0 Å². The number of aryl methyl sites for hydroxylation is 2. The predicted molar refractivity (Wildman–Crippen MR) is 73.0 cm³/mol. The van der Waals surface area contributed by atoms with Crippen LogP contribution in [-0.4, -0.2) is 0 Å². The maximum absolute atomic E-state index is 6.51. The summed E-state index contributed by atoms with van der Waals surface area (Å²) in [7, 11) is 0. The van der Waals surface area contributed by atoms with Crippen molar-refractivity contribution in [2.45, 2.75) is 26.3 Å². The quantitative estimate of drug-likeness (QED) is 0.831. The van der Waals surface area contributed by atoms with Gasteiger partial charge in [-0.1, -0.05) is 54.1 Å². The van der Waals surface area contributed by atoms with Crippen molar-refractivity contribution in [1.82, 2.24) is 0 Å². The van der Waals surface area contributed by atoms with E-state index in [0.29, 0.717) is 0 Å². The molecular formula is C16H19N. The average Bonchev–Trinajstić information content (AvgIpc) is 2.30. The van der Waals surface area contributed by atoms with Crippen molar-refractivity contribution < 1.29 is 0 Å². The molecule has 0 saturated carbocycles. The van der Waals surface area contributed by atoms with E-state index in [1.807, 2.05) is 12.1 Å². The van der Waals surface area contributed by atoms with Gasteiger partial charge >= 0.3 is 0 Å². The summed E-state index contributed by atoms with van der Waals surface area (Å²) in [6, 6.07) is 16.7. The Morgan fingerprint density at radius 2 is 1.47 bits per heavy atom. The second-order valence-corrected chi connectivity index (χ2v) is 4.88. The minimum Gasteiger partial charge on any atom is -0.318 e. The minimum absolute atomic E-state index is 0.432. The van der Waals surface area contributed by atoms with Gasteiger partial charge in [-0.3, -0.25) is 0 Å². The highest BCUT2D eigenvalue weighted by Crippen LogP contribution is 2.28.